The minimum Gasteiger partial charge on any atom is -0.490 e. The van der Waals surface area contributed by atoms with Gasteiger partial charge in [0.2, 0.25) is 0 Å². The standard InChI is InChI=1S/C23H21N3O3.C21H19N3O2.C10H10O2/c27-23(28)19-11-15(14-5-6-14)7-10-20(19)26-16-12-24-22(25-13-16)18-3-1-2-4-21(18)29-17-8-9-17;1-13-4-2-3-5-17(13)20-22-11-16(12-23-20)24-19-9-8-15(14-6-7-14)10-18(19)21(25)26;11-10(12)9-4-2-1-3-8(9)7-5-6-7/h1-4,7,10-14,17,26H,5-6,8-9H2,(H,27,28);2-5,8-12,14,24H,6-7H2,1H3,(H,25,26);1-4,7H,5-6H2,(H,11,12). The van der Waals surface area contributed by atoms with Gasteiger partial charge in [-0.1, -0.05) is 66.7 Å². The number of para-hydroxylation sites is 1. The lowest BCUT2D eigenvalue weighted by atomic mass is 10.0. The predicted molar refractivity (Wildman–Crippen MR) is 256 cm³/mol. The Morgan fingerprint density at radius 1 is 0.507 bits per heavy atom. The van der Waals surface area contributed by atoms with E-state index in [1.165, 1.54) is 0 Å². The van der Waals surface area contributed by atoms with Crippen molar-refractivity contribution >= 4 is 40.7 Å². The van der Waals surface area contributed by atoms with Crippen LogP contribution in [0.15, 0.2) is 134 Å². The number of aryl methyl sites for hydroxylation is 1. The zero-order valence-corrected chi connectivity index (χ0v) is 36.9. The molecule has 5 N–H and O–H groups in total. The van der Waals surface area contributed by atoms with Crippen LogP contribution in [0.25, 0.3) is 22.8 Å². The second-order valence-electron chi connectivity index (χ2n) is 17.4. The van der Waals surface area contributed by atoms with E-state index in [9.17, 15) is 24.6 Å². The summed E-state index contributed by atoms with van der Waals surface area (Å²) in [6.07, 6.45) is 16.0. The third kappa shape index (κ3) is 11.3. The van der Waals surface area contributed by atoms with E-state index in [-0.39, 0.29) is 11.1 Å². The SMILES string of the molecule is Cc1ccccc1-c1ncc(Nc2ccc(C3CC3)cc2C(=O)O)cn1.O=C(O)c1cc(C2CC2)ccc1Nc1cnc(-c2ccccc2OC2CC2)nc1.O=C(O)c1ccccc1C1CC1. The van der Waals surface area contributed by atoms with Gasteiger partial charge in [-0.25, -0.2) is 34.3 Å². The molecule has 0 amide bonds. The Morgan fingerprint density at radius 3 is 1.43 bits per heavy atom. The number of carboxylic acid groups (broad SMARTS) is 3. The van der Waals surface area contributed by atoms with Crippen molar-refractivity contribution in [3.63, 3.8) is 0 Å². The highest BCUT2D eigenvalue weighted by atomic mass is 16.5. The van der Waals surface area contributed by atoms with E-state index in [1.54, 1.807) is 49.1 Å². The molecule has 11 rings (SSSR count). The van der Waals surface area contributed by atoms with Crippen LogP contribution in [-0.4, -0.2) is 59.3 Å². The molecule has 2 heterocycles. The molecule has 0 spiro atoms. The van der Waals surface area contributed by atoms with Gasteiger partial charge in [-0.3, -0.25) is 0 Å². The van der Waals surface area contributed by atoms with E-state index in [2.05, 4.69) is 30.6 Å². The summed E-state index contributed by atoms with van der Waals surface area (Å²) in [5.41, 5.74) is 9.53. The first-order valence-corrected chi connectivity index (χ1v) is 22.6. The Labute approximate surface area is 388 Å². The molecule has 7 aromatic rings. The number of nitrogens with zero attached hydrogens (tertiary/aromatic N) is 4. The number of ether oxygens (including phenoxy) is 1. The summed E-state index contributed by atoms with van der Waals surface area (Å²) in [6.45, 7) is 2.02. The fraction of sp³-hybridized carbons (Fsp3) is 0.241. The Balaban J connectivity index is 0.000000136. The molecule has 0 atom stereocenters. The number of hydrogen-bond acceptors (Lipinski definition) is 10. The van der Waals surface area contributed by atoms with Crippen molar-refractivity contribution in [2.75, 3.05) is 10.6 Å². The summed E-state index contributed by atoms with van der Waals surface area (Å²) in [6, 6.07) is 34.1. The molecular weight excluding hydrogens is 845 g/mol. The smallest absolute Gasteiger partial charge is 0.337 e. The van der Waals surface area contributed by atoms with E-state index in [0.29, 0.717) is 63.8 Å². The number of aromatic nitrogens is 4. The first kappa shape index (κ1) is 44.3. The lowest BCUT2D eigenvalue weighted by molar-refractivity contribution is 0.0685. The van der Waals surface area contributed by atoms with E-state index in [4.69, 9.17) is 9.84 Å². The monoisotopic (exact) mass is 894 g/mol. The summed E-state index contributed by atoms with van der Waals surface area (Å²) in [5.74, 6) is 0.854. The van der Waals surface area contributed by atoms with Crippen molar-refractivity contribution in [2.45, 2.75) is 82.1 Å². The lowest BCUT2D eigenvalue weighted by Crippen LogP contribution is -2.04. The van der Waals surface area contributed by atoms with E-state index >= 15 is 0 Å². The molecular formula is C54H50N6O7. The number of carbonyl (C=O) groups is 3. The molecule has 338 valence electrons. The van der Waals surface area contributed by atoms with Crippen molar-refractivity contribution in [1.82, 2.24) is 19.9 Å². The molecule has 0 aliphatic heterocycles. The number of rotatable bonds is 14. The first-order valence-electron chi connectivity index (χ1n) is 22.6. The van der Waals surface area contributed by atoms with Gasteiger partial charge in [-0.05, 0) is 141 Å². The van der Waals surface area contributed by atoms with Gasteiger partial charge in [0.05, 0.1) is 75.9 Å². The van der Waals surface area contributed by atoms with Crippen LogP contribution in [0.4, 0.5) is 22.7 Å². The van der Waals surface area contributed by atoms with Gasteiger partial charge in [0.25, 0.3) is 0 Å². The van der Waals surface area contributed by atoms with Crippen LogP contribution in [0, 0.1) is 6.92 Å². The van der Waals surface area contributed by atoms with Crippen LogP contribution in [-0.2, 0) is 0 Å². The van der Waals surface area contributed by atoms with Gasteiger partial charge in [0, 0.05) is 5.56 Å². The zero-order valence-electron chi connectivity index (χ0n) is 36.9. The van der Waals surface area contributed by atoms with E-state index in [1.807, 2.05) is 91.9 Å². The van der Waals surface area contributed by atoms with Crippen LogP contribution in [0.3, 0.4) is 0 Å². The van der Waals surface area contributed by atoms with Gasteiger partial charge in [-0.2, -0.15) is 0 Å². The Kier molecular flexibility index (Phi) is 13.0. The van der Waals surface area contributed by atoms with Crippen molar-refractivity contribution in [2.24, 2.45) is 0 Å². The van der Waals surface area contributed by atoms with E-state index in [0.717, 1.165) is 90.5 Å². The van der Waals surface area contributed by atoms with Crippen LogP contribution in [0.5, 0.6) is 5.75 Å². The quantitative estimate of drug-likeness (QED) is 0.0692. The molecule has 4 saturated carbocycles. The first-order chi connectivity index (χ1) is 32.6. The minimum absolute atomic E-state index is 0.265. The number of anilines is 4. The molecule has 4 aliphatic rings. The maximum Gasteiger partial charge on any atom is 0.337 e. The number of carboxylic acids is 3. The lowest BCUT2D eigenvalue weighted by Gasteiger charge is -2.12. The number of hydrogen-bond donors (Lipinski definition) is 5. The fourth-order valence-corrected chi connectivity index (χ4v) is 7.80. The second kappa shape index (κ2) is 19.7. The summed E-state index contributed by atoms with van der Waals surface area (Å²) in [5, 5.41) is 34.2. The van der Waals surface area contributed by atoms with Gasteiger partial charge >= 0.3 is 17.9 Å². The molecule has 0 unspecified atom stereocenters. The normalized spacial score (nSPS) is 14.9. The summed E-state index contributed by atoms with van der Waals surface area (Å²) < 4.78 is 5.95. The predicted octanol–water partition coefficient (Wildman–Crippen LogP) is 12.0. The van der Waals surface area contributed by atoms with Crippen molar-refractivity contribution in [1.29, 1.82) is 0 Å². The molecule has 13 heteroatoms. The van der Waals surface area contributed by atoms with Gasteiger partial charge < -0.3 is 30.7 Å². The van der Waals surface area contributed by atoms with Gasteiger partial charge in [-0.15, -0.1) is 0 Å². The van der Waals surface area contributed by atoms with Crippen molar-refractivity contribution in [3.8, 4) is 28.5 Å². The van der Waals surface area contributed by atoms with Crippen LogP contribution in [0.2, 0.25) is 0 Å². The second-order valence-corrected chi connectivity index (χ2v) is 17.4. The number of nitrogens with one attached hydrogen (secondary N) is 2. The molecule has 13 nitrogen and oxygen atoms in total. The summed E-state index contributed by atoms with van der Waals surface area (Å²) in [7, 11) is 0. The molecule has 4 fully saturated rings. The Hall–Kier alpha value is -7.93. The average Bonchev–Trinajstić information content (AvgIpc) is 4.13. The fourth-order valence-electron chi connectivity index (χ4n) is 7.80. The number of aromatic carboxylic acids is 3. The van der Waals surface area contributed by atoms with Crippen LogP contribution >= 0.6 is 0 Å². The largest absolute Gasteiger partial charge is 0.490 e. The molecule has 0 bridgehead atoms. The summed E-state index contributed by atoms with van der Waals surface area (Å²) in [4.78, 5) is 51.8. The highest BCUT2D eigenvalue weighted by Crippen LogP contribution is 2.43. The maximum atomic E-state index is 11.7. The van der Waals surface area contributed by atoms with Crippen LogP contribution < -0.4 is 15.4 Å². The molecule has 67 heavy (non-hydrogen) atoms. The topological polar surface area (TPSA) is 197 Å². The maximum absolute atomic E-state index is 11.7. The van der Waals surface area contributed by atoms with Gasteiger partial charge in [0.1, 0.15) is 5.75 Å². The summed E-state index contributed by atoms with van der Waals surface area (Å²) >= 11 is 0. The molecule has 0 radical (unpaired) electrons. The van der Waals surface area contributed by atoms with Gasteiger partial charge in [0.15, 0.2) is 11.6 Å². The third-order valence-corrected chi connectivity index (χ3v) is 12.0. The highest BCUT2D eigenvalue weighted by Gasteiger charge is 2.29. The molecule has 0 saturated heterocycles. The van der Waals surface area contributed by atoms with Crippen molar-refractivity contribution in [3.05, 3.63) is 173 Å². The highest BCUT2D eigenvalue weighted by molar-refractivity contribution is 5.96. The van der Waals surface area contributed by atoms with Crippen molar-refractivity contribution < 1.29 is 34.4 Å². The molecule has 2 aromatic heterocycles. The minimum atomic E-state index is -0.946. The Morgan fingerprint density at radius 2 is 0.955 bits per heavy atom. The molecule has 4 aliphatic carbocycles. The number of benzene rings is 5. The van der Waals surface area contributed by atoms with E-state index < -0.39 is 17.9 Å². The average molecular weight is 895 g/mol. The Bertz CT molecular complexity index is 2930. The van der Waals surface area contributed by atoms with Crippen LogP contribution in [0.1, 0.15) is 122 Å². The third-order valence-electron chi connectivity index (χ3n) is 12.0. The zero-order chi connectivity index (χ0) is 46.4. The molecule has 5 aromatic carbocycles.